The second-order valence-corrected chi connectivity index (χ2v) is 8.88. The minimum Gasteiger partial charge on any atom is -0.352 e. The van der Waals surface area contributed by atoms with E-state index < -0.39 is 10.0 Å². The first-order valence-corrected chi connectivity index (χ1v) is 11.7. The van der Waals surface area contributed by atoms with E-state index >= 15 is 0 Å². The Balaban J connectivity index is 1.83. The zero-order chi connectivity index (χ0) is 21.7. The number of carbonyl (C=O) groups excluding carboxylic acids is 2. The van der Waals surface area contributed by atoms with Gasteiger partial charge in [-0.15, -0.1) is 0 Å². The second-order valence-electron chi connectivity index (χ2n) is 7.20. The fourth-order valence-electron chi connectivity index (χ4n) is 3.44. The number of nitrogens with one attached hydrogen (secondary N) is 2. The van der Waals surface area contributed by atoms with Crippen molar-refractivity contribution in [3.05, 3.63) is 53.6 Å². The van der Waals surface area contributed by atoms with E-state index in [2.05, 4.69) is 10.0 Å². The van der Waals surface area contributed by atoms with Crippen molar-refractivity contribution in [2.45, 2.75) is 44.4 Å². The highest BCUT2D eigenvalue weighted by molar-refractivity contribution is 7.92. The lowest BCUT2D eigenvalue weighted by Gasteiger charge is -2.17. The maximum atomic E-state index is 13.0. The summed E-state index contributed by atoms with van der Waals surface area (Å²) in [5.74, 6) is -0.296. The smallest absolute Gasteiger partial charge is 0.261 e. The molecule has 2 aromatic carbocycles. The molecule has 0 bridgehead atoms. The van der Waals surface area contributed by atoms with Crippen molar-refractivity contribution in [2.75, 3.05) is 22.7 Å². The molecular weight excluding hydrogens is 402 g/mol. The predicted molar refractivity (Wildman–Crippen MR) is 117 cm³/mol. The Hall–Kier alpha value is -2.87. The molecule has 0 radical (unpaired) electrons. The van der Waals surface area contributed by atoms with Gasteiger partial charge in [0.05, 0.1) is 16.1 Å². The van der Waals surface area contributed by atoms with Crippen LogP contribution in [-0.4, -0.2) is 33.3 Å². The van der Waals surface area contributed by atoms with Gasteiger partial charge in [-0.2, -0.15) is 0 Å². The van der Waals surface area contributed by atoms with Gasteiger partial charge in [-0.05, 0) is 48.7 Å². The van der Waals surface area contributed by atoms with E-state index in [4.69, 9.17) is 0 Å². The Bertz CT molecular complexity index is 1050. The van der Waals surface area contributed by atoms with Crippen molar-refractivity contribution in [1.29, 1.82) is 0 Å². The zero-order valence-corrected chi connectivity index (χ0v) is 18.1. The molecule has 0 unspecified atom stereocenters. The molecule has 2 aromatic rings. The van der Waals surface area contributed by atoms with Crippen LogP contribution in [0.4, 0.5) is 11.4 Å². The molecule has 0 saturated heterocycles. The quantitative estimate of drug-likeness (QED) is 0.629. The summed E-state index contributed by atoms with van der Waals surface area (Å²) in [7, 11) is -3.89. The molecular formula is C22H27N3O4S. The van der Waals surface area contributed by atoms with Crippen LogP contribution in [0, 0.1) is 0 Å². The van der Waals surface area contributed by atoms with Crippen molar-refractivity contribution in [1.82, 2.24) is 5.32 Å². The van der Waals surface area contributed by atoms with E-state index in [-0.39, 0.29) is 28.0 Å². The summed E-state index contributed by atoms with van der Waals surface area (Å²) in [5, 5.41) is 2.81. The Morgan fingerprint density at radius 3 is 2.60 bits per heavy atom. The molecule has 0 aromatic heterocycles. The van der Waals surface area contributed by atoms with Crippen LogP contribution in [0.25, 0.3) is 0 Å². The highest BCUT2D eigenvalue weighted by Gasteiger charge is 2.26. The third-order valence-corrected chi connectivity index (χ3v) is 6.46. The van der Waals surface area contributed by atoms with Gasteiger partial charge in [0.15, 0.2) is 0 Å². The van der Waals surface area contributed by atoms with E-state index in [9.17, 15) is 18.0 Å². The summed E-state index contributed by atoms with van der Waals surface area (Å²) >= 11 is 0. The van der Waals surface area contributed by atoms with Gasteiger partial charge in [0.1, 0.15) is 0 Å². The third-order valence-electron chi connectivity index (χ3n) is 5.09. The molecule has 2 amide bonds. The zero-order valence-electron chi connectivity index (χ0n) is 17.3. The molecule has 3 rings (SSSR count). The number of sulfonamides is 1. The molecule has 8 heteroatoms. The summed E-state index contributed by atoms with van der Waals surface area (Å²) < 4.78 is 28.5. The lowest BCUT2D eigenvalue weighted by Crippen LogP contribution is -2.27. The lowest BCUT2D eigenvalue weighted by atomic mass is 10.1. The van der Waals surface area contributed by atoms with Crippen LogP contribution in [-0.2, 0) is 21.2 Å². The predicted octanol–water partition coefficient (Wildman–Crippen LogP) is 3.32. The lowest BCUT2D eigenvalue weighted by molar-refractivity contribution is -0.118. The number of nitrogens with zero attached hydrogens (tertiary/aromatic N) is 1. The maximum Gasteiger partial charge on any atom is 0.261 e. The number of hydrogen-bond donors (Lipinski definition) is 2. The van der Waals surface area contributed by atoms with Crippen LogP contribution in [0.15, 0.2) is 47.4 Å². The number of rotatable bonds is 8. The normalized spacial score (nSPS) is 13.1. The number of amides is 2. The molecule has 160 valence electrons. The van der Waals surface area contributed by atoms with Crippen molar-refractivity contribution in [3.8, 4) is 0 Å². The summed E-state index contributed by atoms with van der Waals surface area (Å²) in [6.45, 7) is 4.93. The van der Waals surface area contributed by atoms with Crippen LogP contribution in [0.3, 0.4) is 0 Å². The highest BCUT2D eigenvalue weighted by Crippen LogP contribution is 2.31. The maximum absolute atomic E-state index is 13.0. The molecule has 2 N–H and O–H groups in total. The number of benzene rings is 2. The highest BCUT2D eigenvalue weighted by atomic mass is 32.2. The molecule has 1 aliphatic heterocycles. The average Bonchev–Trinajstić information content (AvgIpc) is 3.16. The summed E-state index contributed by atoms with van der Waals surface area (Å²) in [4.78, 5) is 26.3. The van der Waals surface area contributed by atoms with E-state index in [0.717, 1.165) is 24.1 Å². The van der Waals surface area contributed by atoms with E-state index in [0.29, 0.717) is 25.9 Å². The number of anilines is 2. The van der Waals surface area contributed by atoms with E-state index in [1.807, 2.05) is 6.92 Å². The van der Waals surface area contributed by atoms with Crippen LogP contribution < -0.4 is 14.9 Å². The van der Waals surface area contributed by atoms with Gasteiger partial charge < -0.3 is 10.2 Å². The van der Waals surface area contributed by atoms with E-state index in [1.165, 1.54) is 6.07 Å². The van der Waals surface area contributed by atoms with Gasteiger partial charge >= 0.3 is 0 Å². The molecule has 30 heavy (non-hydrogen) atoms. The number of fused-ring (bicyclic) bond motifs is 1. The fraction of sp³-hybridized carbons (Fsp3) is 0.364. The standard InChI is InChI=1S/C22H27N3O4S/c1-3-5-13-23-22(27)18-8-6-7-9-19(18)24-30(28,29)17-10-11-20-16(15-17)12-14-25(20)21(26)4-2/h6-11,15,24H,3-5,12-14H2,1-2H3,(H,23,27). The number of carbonyl (C=O) groups is 2. The molecule has 0 fully saturated rings. The topological polar surface area (TPSA) is 95.6 Å². The molecule has 0 saturated carbocycles. The van der Waals surface area contributed by atoms with Crippen LogP contribution in [0.2, 0.25) is 0 Å². The van der Waals surface area contributed by atoms with Gasteiger partial charge in [0, 0.05) is 25.2 Å². The minimum absolute atomic E-state index is 0.0190. The Morgan fingerprint density at radius 2 is 1.87 bits per heavy atom. The van der Waals surface area contributed by atoms with Crippen molar-refractivity contribution in [2.24, 2.45) is 0 Å². The van der Waals surface area contributed by atoms with E-state index in [1.54, 1.807) is 48.2 Å². The minimum atomic E-state index is -3.89. The van der Waals surface area contributed by atoms with Crippen LogP contribution in [0.5, 0.6) is 0 Å². The van der Waals surface area contributed by atoms with Gasteiger partial charge in [0.2, 0.25) is 5.91 Å². The Morgan fingerprint density at radius 1 is 1.10 bits per heavy atom. The summed E-state index contributed by atoms with van der Waals surface area (Å²) in [6, 6.07) is 11.3. The monoisotopic (exact) mass is 429 g/mol. The fourth-order valence-corrected chi connectivity index (χ4v) is 4.57. The largest absolute Gasteiger partial charge is 0.352 e. The van der Waals surface area contributed by atoms with Crippen LogP contribution >= 0.6 is 0 Å². The molecule has 1 aliphatic rings. The number of unbranched alkanes of at least 4 members (excludes halogenated alkanes) is 1. The van der Waals surface area contributed by atoms with Crippen molar-refractivity contribution >= 4 is 33.2 Å². The number of hydrogen-bond acceptors (Lipinski definition) is 4. The molecule has 0 atom stereocenters. The molecule has 0 aliphatic carbocycles. The van der Waals surface area contributed by atoms with Crippen LogP contribution in [0.1, 0.15) is 49.0 Å². The third kappa shape index (κ3) is 4.64. The SMILES string of the molecule is CCCCNC(=O)c1ccccc1NS(=O)(=O)c1ccc2c(c1)CCN2C(=O)CC. The first kappa shape index (κ1) is 21.8. The van der Waals surface area contributed by atoms with Crippen molar-refractivity contribution < 1.29 is 18.0 Å². The van der Waals surface area contributed by atoms with Gasteiger partial charge in [-0.1, -0.05) is 32.4 Å². The average molecular weight is 430 g/mol. The first-order chi connectivity index (χ1) is 14.4. The summed E-state index contributed by atoms with van der Waals surface area (Å²) in [6.07, 6.45) is 2.82. The van der Waals surface area contributed by atoms with Gasteiger partial charge in [-0.25, -0.2) is 8.42 Å². The van der Waals surface area contributed by atoms with Gasteiger partial charge in [-0.3, -0.25) is 14.3 Å². The number of para-hydroxylation sites is 1. The molecule has 1 heterocycles. The molecule has 0 spiro atoms. The van der Waals surface area contributed by atoms with Crippen molar-refractivity contribution in [3.63, 3.8) is 0 Å². The second kappa shape index (κ2) is 9.30. The Labute approximate surface area is 177 Å². The summed E-state index contributed by atoms with van der Waals surface area (Å²) in [5.41, 5.74) is 2.09. The molecule has 7 nitrogen and oxygen atoms in total. The van der Waals surface area contributed by atoms with Gasteiger partial charge in [0.25, 0.3) is 15.9 Å². The first-order valence-electron chi connectivity index (χ1n) is 10.2. The Kier molecular flexibility index (Phi) is 6.77.